The molecule has 4 aliphatic rings. The number of fused-ring (bicyclic) bond motifs is 1. The van der Waals surface area contributed by atoms with Gasteiger partial charge in [0.25, 0.3) is 5.91 Å². The smallest absolute Gasteiger partial charge is 0.327 e. The number of benzene rings is 1. The predicted octanol–water partition coefficient (Wildman–Crippen LogP) is 1.21. The lowest BCUT2D eigenvalue weighted by molar-refractivity contribution is -0.130. The molecule has 0 bridgehead atoms. The Hall–Kier alpha value is -3.10. The topological polar surface area (TPSA) is 93.3 Å². The van der Waals surface area contributed by atoms with Crippen LogP contribution in [0.25, 0.3) is 0 Å². The fraction of sp³-hybridized carbons (Fsp3) is 0.565. The molecule has 0 aromatic heterocycles. The average molecular weight is 440 g/mol. The molecule has 9 heteroatoms. The summed E-state index contributed by atoms with van der Waals surface area (Å²) in [5.74, 6) is 0.0708. The van der Waals surface area contributed by atoms with Crippen molar-refractivity contribution in [2.24, 2.45) is 0 Å². The lowest BCUT2D eigenvalue weighted by Crippen LogP contribution is -2.58. The maximum absolute atomic E-state index is 13.1. The number of carbonyl (C=O) groups excluding carboxylic acids is 4. The van der Waals surface area contributed by atoms with Crippen LogP contribution in [0.15, 0.2) is 30.3 Å². The lowest BCUT2D eigenvalue weighted by Gasteiger charge is -2.37. The van der Waals surface area contributed by atoms with Crippen LogP contribution in [-0.2, 0) is 9.59 Å². The molecule has 6 amide bonds. The predicted molar refractivity (Wildman–Crippen MR) is 116 cm³/mol. The molecule has 9 nitrogen and oxygen atoms in total. The fourth-order valence-corrected chi connectivity index (χ4v) is 5.24. The zero-order chi connectivity index (χ0) is 22.4. The van der Waals surface area contributed by atoms with Gasteiger partial charge in [0, 0.05) is 51.1 Å². The number of nitrogens with one attached hydrogen (secondary N) is 1. The summed E-state index contributed by atoms with van der Waals surface area (Å²) in [5, 5.41) is 3.05. The Morgan fingerprint density at radius 1 is 0.969 bits per heavy atom. The third-order valence-corrected chi connectivity index (χ3v) is 7.23. The Bertz CT molecular complexity index is 930. The molecule has 3 heterocycles. The summed E-state index contributed by atoms with van der Waals surface area (Å²) in [6.07, 6.45) is 2.25. The third kappa shape index (κ3) is 3.69. The Morgan fingerprint density at radius 3 is 2.38 bits per heavy atom. The summed E-state index contributed by atoms with van der Waals surface area (Å²) >= 11 is 0. The molecule has 3 atom stereocenters. The number of nitrogens with zero attached hydrogens (tertiary/aromatic N) is 4. The highest BCUT2D eigenvalue weighted by Gasteiger charge is 2.56. The Balaban J connectivity index is 1.18. The second kappa shape index (κ2) is 8.11. The van der Waals surface area contributed by atoms with Gasteiger partial charge in [0.05, 0.1) is 6.54 Å². The number of hydrogen-bond donors (Lipinski definition) is 1. The van der Waals surface area contributed by atoms with E-state index in [0.717, 1.165) is 24.8 Å². The van der Waals surface area contributed by atoms with Crippen molar-refractivity contribution in [2.75, 3.05) is 32.7 Å². The van der Waals surface area contributed by atoms with E-state index in [9.17, 15) is 19.2 Å². The van der Waals surface area contributed by atoms with Gasteiger partial charge in [-0.15, -0.1) is 0 Å². The highest BCUT2D eigenvalue weighted by atomic mass is 16.2. The SMILES string of the molecule is CC(=O)N1CCC(NC(=O)N2CCN3C(=O)N([C@H]4C[C@@H]4c4ccccc4)C(=O)[C@@H]3C2)CC1. The maximum Gasteiger partial charge on any atom is 0.327 e. The molecule has 1 aromatic rings. The van der Waals surface area contributed by atoms with E-state index >= 15 is 0 Å². The van der Waals surface area contributed by atoms with Crippen LogP contribution in [0.2, 0.25) is 0 Å². The highest BCUT2D eigenvalue weighted by Crippen LogP contribution is 2.46. The molecule has 0 unspecified atom stereocenters. The first-order valence-electron chi connectivity index (χ1n) is 11.4. The van der Waals surface area contributed by atoms with E-state index in [-0.39, 0.29) is 48.4 Å². The summed E-state index contributed by atoms with van der Waals surface area (Å²) in [6, 6.07) is 8.90. The van der Waals surface area contributed by atoms with Crippen molar-refractivity contribution >= 4 is 23.9 Å². The molecule has 3 saturated heterocycles. The minimum absolute atomic E-state index is 0.0200. The van der Waals surface area contributed by atoms with Crippen molar-refractivity contribution in [3.8, 4) is 0 Å². The van der Waals surface area contributed by atoms with Gasteiger partial charge in [0.15, 0.2) is 0 Å². The summed E-state index contributed by atoms with van der Waals surface area (Å²) in [6.45, 7) is 3.84. The van der Waals surface area contributed by atoms with E-state index in [1.165, 1.54) is 4.90 Å². The first-order chi connectivity index (χ1) is 15.4. The van der Waals surface area contributed by atoms with Crippen molar-refractivity contribution in [1.82, 2.24) is 24.9 Å². The molecule has 1 saturated carbocycles. The molecule has 0 spiro atoms. The molecule has 1 N–H and O–H groups in total. The number of rotatable bonds is 3. The zero-order valence-corrected chi connectivity index (χ0v) is 18.3. The van der Waals surface area contributed by atoms with Gasteiger partial charge in [-0.1, -0.05) is 30.3 Å². The first-order valence-corrected chi connectivity index (χ1v) is 11.4. The van der Waals surface area contributed by atoms with Crippen molar-refractivity contribution in [3.63, 3.8) is 0 Å². The van der Waals surface area contributed by atoms with Crippen LogP contribution in [0.1, 0.15) is 37.7 Å². The van der Waals surface area contributed by atoms with Crippen molar-refractivity contribution in [2.45, 2.75) is 50.2 Å². The van der Waals surface area contributed by atoms with E-state index in [0.29, 0.717) is 26.2 Å². The number of piperidine rings is 1. The van der Waals surface area contributed by atoms with Crippen molar-refractivity contribution in [3.05, 3.63) is 35.9 Å². The molecule has 1 aromatic carbocycles. The lowest BCUT2D eigenvalue weighted by atomic mass is 10.1. The number of likely N-dealkylation sites (tertiary alicyclic amines) is 1. The average Bonchev–Trinajstić information content (AvgIpc) is 3.55. The van der Waals surface area contributed by atoms with Gasteiger partial charge in [-0.3, -0.25) is 14.5 Å². The number of urea groups is 2. The van der Waals surface area contributed by atoms with Crippen LogP contribution in [-0.4, -0.2) is 94.3 Å². The Kier molecular flexibility index (Phi) is 5.27. The second-order valence-corrected chi connectivity index (χ2v) is 9.20. The molecule has 1 aliphatic carbocycles. The monoisotopic (exact) mass is 439 g/mol. The molecule has 5 rings (SSSR count). The van der Waals surface area contributed by atoms with Crippen molar-refractivity contribution < 1.29 is 19.2 Å². The van der Waals surface area contributed by atoms with Gasteiger partial charge < -0.3 is 20.0 Å². The number of imide groups is 1. The molecule has 4 fully saturated rings. The van der Waals surface area contributed by atoms with Gasteiger partial charge in [-0.2, -0.15) is 0 Å². The van der Waals surface area contributed by atoms with E-state index in [1.807, 2.05) is 30.3 Å². The van der Waals surface area contributed by atoms with Gasteiger partial charge in [-0.25, -0.2) is 9.59 Å². The van der Waals surface area contributed by atoms with Crippen LogP contribution < -0.4 is 5.32 Å². The summed E-state index contributed by atoms with van der Waals surface area (Å²) in [7, 11) is 0. The number of piperazine rings is 1. The van der Waals surface area contributed by atoms with E-state index in [2.05, 4.69) is 5.32 Å². The van der Waals surface area contributed by atoms with Crippen LogP contribution >= 0.6 is 0 Å². The summed E-state index contributed by atoms with van der Waals surface area (Å²) < 4.78 is 0. The van der Waals surface area contributed by atoms with Gasteiger partial charge in [0.2, 0.25) is 5.91 Å². The highest BCUT2D eigenvalue weighted by molar-refractivity contribution is 6.05. The number of hydrogen-bond acceptors (Lipinski definition) is 4. The van der Waals surface area contributed by atoms with Gasteiger partial charge in [0.1, 0.15) is 6.04 Å². The van der Waals surface area contributed by atoms with Crippen LogP contribution in [0.3, 0.4) is 0 Å². The van der Waals surface area contributed by atoms with E-state index in [1.54, 1.807) is 21.6 Å². The normalized spacial score (nSPS) is 28.1. The van der Waals surface area contributed by atoms with Crippen LogP contribution in [0.5, 0.6) is 0 Å². The molecule has 32 heavy (non-hydrogen) atoms. The standard InChI is InChI=1S/C23H29N5O4/c1-15(29)25-9-7-17(8-10-25)24-22(31)26-11-12-27-20(14-26)21(30)28(23(27)32)19-13-18(19)16-5-3-2-4-6-16/h2-6,17-20H,7-14H2,1H3,(H,24,31)/t18-,19+,20+/m1/s1. The number of amides is 6. The van der Waals surface area contributed by atoms with E-state index < -0.39 is 6.04 Å². The minimum atomic E-state index is -0.599. The van der Waals surface area contributed by atoms with Crippen LogP contribution in [0.4, 0.5) is 9.59 Å². The largest absolute Gasteiger partial charge is 0.343 e. The summed E-state index contributed by atoms with van der Waals surface area (Å²) in [4.78, 5) is 56.9. The quantitative estimate of drug-likeness (QED) is 0.717. The molecule has 0 radical (unpaired) electrons. The minimum Gasteiger partial charge on any atom is -0.343 e. The maximum atomic E-state index is 13.1. The van der Waals surface area contributed by atoms with Gasteiger partial charge >= 0.3 is 12.1 Å². The molecule has 170 valence electrons. The first kappa shape index (κ1) is 20.8. The van der Waals surface area contributed by atoms with Gasteiger partial charge in [-0.05, 0) is 24.8 Å². The molecule has 3 aliphatic heterocycles. The molecular formula is C23H29N5O4. The van der Waals surface area contributed by atoms with Crippen molar-refractivity contribution in [1.29, 1.82) is 0 Å². The number of carbonyl (C=O) groups is 4. The zero-order valence-electron chi connectivity index (χ0n) is 18.3. The third-order valence-electron chi connectivity index (χ3n) is 7.23. The Morgan fingerprint density at radius 2 is 1.69 bits per heavy atom. The second-order valence-electron chi connectivity index (χ2n) is 9.20. The fourth-order valence-electron chi connectivity index (χ4n) is 5.24. The van der Waals surface area contributed by atoms with Crippen LogP contribution in [0, 0.1) is 0 Å². The molecular weight excluding hydrogens is 410 g/mol. The summed E-state index contributed by atoms with van der Waals surface area (Å²) in [5.41, 5.74) is 1.15. The Labute approximate surface area is 187 Å². The van der Waals surface area contributed by atoms with E-state index in [4.69, 9.17) is 0 Å².